The molecule has 0 aliphatic carbocycles. The van der Waals surface area contributed by atoms with Crippen molar-refractivity contribution in [3.05, 3.63) is 84.4 Å². The lowest BCUT2D eigenvalue weighted by molar-refractivity contribution is -0.122. The highest BCUT2D eigenvalue weighted by Gasteiger charge is 2.43. The first-order valence-corrected chi connectivity index (χ1v) is 13.4. The van der Waals surface area contributed by atoms with E-state index in [1.165, 1.54) is 24.1 Å². The Kier molecular flexibility index (Phi) is 7.86. The number of hydrogen-bond donors (Lipinski definition) is 2. The molecule has 0 bridgehead atoms. The number of benzene rings is 3. The topological polar surface area (TPSA) is 122 Å². The van der Waals surface area contributed by atoms with Crippen molar-refractivity contribution in [2.45, 2.75) is 23.8 Å². The smallest absolute Gasteiger partial charge is 0.257 e. The van der Waals surface area contributed by atoms with Gasteiger partial charge in [-0.25, -0.2) is 18.5 Å². The Morgan fingerprint density at radius 3 is 2.30 bits per heavy atom. The van der Waals surface area contributed by atoms with E-state index in [0.717, 1.165) is 11.3 Å². The van der Waals surface area contributed by atoms with Crippen LogP contribution in [0.1, 0.15) is 12.0 Å². The molecule has 3 N–H and O–H groups in total. The standard InChI is InChI=1S/C26H26N4O5S2/c1-35-21-11-9-20(10-12-21)30-24(31)17-23(25(30)32)29(26(36)28-19-5-3-2-4-6-19)16-15-18-7-13-22(14-8-18)37(27,33)34/h2-14,23H,15-17H2,1H3,(H,28,36)(H2,27,33,34)/t23-/m0/s1. The van der Waals surface area contributed by atoms with Crippen molar-refractivity contribution in [3.63, 3.8) is 0 Å². The number of hydrogen-bond acceptors (Lipinski definition) is 6. The number of thiocarbonyl (C=S) groups is 1. The van der Waals surface area contributed by atoms with Gasteiger partial charge in [0.05, 0.1) is 24.1 Å². The average Bonchev–Trinajstić information content (AvgIpc) is 3.18. The number of nitrogens with one attached hydrogen (secondary N) is 1. The van der Waals surface area contributed by atoms with E-state index in [2.05, 4.69) is 5.32 Å². The number of nitrogens with two attached hydrogens (primary N) is 1. The minimum Gasteiger partial charge on any atom is -0.497 e. The van der Waals surface area contributed by atoms with Crippen LogP contribution in [-0.2, 0) is 26.0 Å². The van der Waals surface area contributed by atoms with E-state index in [-0.39, 0.29) is 23.1 Å². The van der Waals surface area contributed by atoms with E-state index >= 15 is 0 Å². The number of carbonyl (C=O) groups excluding carboxylic acids is 2. The van der Waals surface area contributed by atoms with Gasteiger partial charge in [-0.2, -0.15) is 0 Å². The Balaban J connectivity index is 1.57. The molecule has 0 aromatic heterocycles. The third kappa shape index (κ3) is 6.13. The monoisotopic (exact) mass is 538 g/mol. The number of nitrogens with zero attached hydrogens (tertiary/aromatic N) is 2. The number of methoxy groups -OCH3 is 1. The summed E-state index contributed by atoms with van der Waals surface area (Å²) in [5, 5.41) is 8.64. The lowest BCUT2D eigenvalue weighted by Gasteiger charge is -2.30. The van der Waals surface area contributed by atoms with E-state index in [1.54, 1.807) is 41.3 Å². The van der Waals surface area contributed by atoms with E-state index < -0.39 is 16.1 Å². The molecule has 9 nitrogen and oxygen atoms in total. The normalized spacial score (nSPS) is 15.5. The summed E-state index contributed by atoms with van der Waals surface area (Å²) < 4.78 is 28.3. The van der Waals surface area contributed by atoms with Crippen LogP contribution in [0.3, 0.4) is 0 Å². The zero-order valence-electron chi connectivity index (χ0n) is 20.0. The molecular weight excluding hydrogens is 512 g/mol. The molecule has 0 saturated carbocycles. The second-order valence-corrected chi connectivity index (χ2v) is 10.4. The van der Waals surface area contributed by atoms with Crippen LogP contribution in [0.2, 0.25) is 0 Å². The summed E-state index contributed by atoms with van der Waals surface area (Å²) in [5.41, 5.74) is 2.03. The SMILES string of the molecule is COc1ccc(N2C(=O)C[C@H](N(CCc3ccc(S(N)(=O)=O)cc3)C(=S)Nc3ccccc3)C2=O)cc1. The number of rotatable bonds is 8. The van der Waals surface area contributed by atoms with Crippen LogP contribution in [0, 0.1) is 0 Å². The van der Waals surface area contributed by atoms with Crippen LogP contribution in [0.4, 0.5) is 11.4 Å². The average molecular weight is 539 g/mol. The van der Waals surface area contributed by atoms with E-state index in [4.69, 9.17) is 22.1 Å². The summed E-state index contributed by atoms with van der Waals surface area (Å²) in [4.78, 5) is 29.3. The van der Waals surface area contributed by atoms with Gasteiger partial charge in [-0.3, -0.25) is 9.59 Å². The molecule has 3 aromatic carbocycles. The van der Waals surface area contributed by atoms with Crippen LogP contribution in [0.5, 0.6) is 5.75 Å². The van der Waals surface area contributed by atoms with E-state index in [1.807, 2.05) is 30.3 Å². The van der Waals surface area contributed by atoms with Crippen LogP contribution < -0.4 is 20.1 Å². The number of anilines is 2. The molecule has 1 saturated heterocycles. The first-order valence-electron chi connectivity index (χ1n) is 11.4. The van der Waals surface area contributed by atoms with Crippen LogP contribution >= 0.6 is 12.2 Å². The number of imide groups is 1. The molecule has 192 valence electrons. The van der Waals surface area contributed by atoms with Crippen LogP contribution in [0.15, 0.2) is 83.8 Å². The molecule has 11 heteroatoms. The maximum Gasteiger partial charge on any atom is 0.257 e. The predicted molar refractivity (Wildman–Crippen MR) is 145 cm³/mol. The Hall–Kier alpha value is -3.80. The second-order valence-electron chi connectivity index (χ2n) is 8.41. The molecule has 0 radical (unpaired) electrons. The molecule has 4 rings (SSSR count). The van der Waals surface area contributed by atoms with Crippen LogP contribution in [-0.4, -0.2) is 49.9 Å². The third-order valence-electron chi connectivity index (χ3n) is 6.01. The number of amides is 2. The van der Waals surface area contributed by atoms with Crippen molar-refractivity contribution in [1.82, 2.24) is 4.90 Å². The van der Waals surface area contributed by atoms with Crippen LogP contribution in [0.25, 0.3) is 0 Å². The van der Waals surface area contributed by atoms with Gasteiger partial charge >= 0.3 is 0 Å². The van der Waals surface area contributed by atoms with Gasteiger partial charge in [-0.1, -0.05) is 30.3 Å². The molecule has 1 aliphatic rings. The fourth-order valence-electron chi connectivity index (χ4n) is 4.07. The molecule has 1 atom stereocenters. The van der Waals surface area contributed by atoms with E-state index in [0.29, 0.717) is 29.5 Å². The van der Waals surface area contributed by atoms with Gasteiger partial charge < -0.3 is 15.0 Å². The molecule has 1 heterocycles. The fourth-order valence-corrected chi connectivity index (χ4v) is 4.92. The number of primary sulfonamides is 1. The van der Waals surface area contributed by atoms with Crippen molar-refractivity contribution in [3.8, 4) is 5.75 Å². The van der Waals surface area contributed by atoms with Crippen molar-refractivity contribution in [1.29, 1.82) is 0 Å². The number of sulfonamides is 1. The Morgan fingerprint density at radius 1 is 1.05 bits per heavy atom. The first-order chi connectivity index (χ1) is 17.7. The highest BCUT2D eigenvalue weighted by Crippen LogP contribution is 2.28. The summed E-state index contributed by atoms with van der Waals surface area (Å²) in [6, 6.07) is 21.4. The van der Waals surface area contributed by atoms with Gasteiger partial charge in [0.15, 0.2) is 5.11 Å². The summed E-state index contributed by atoms with van der Waals surface area (Å²) in [6.45, 7) is 0.313. The Bertz CT molecular complexity index is 1400. The molecule has 37 heavy (non-hydrogen) atoms. The molecular formula is C26H26N4O5S2. The van der Waals surface area contributed by atoms with Gasteiger partial charge in [-0.05, 0) is 72.7 Å². The quantitative estimate of drug-likeness (QED) is 0.332. The molecule has 0 unspecified atom stereocenters. The summed E-state index contributed by atoms with van der Waals surface area (Å²) in [7, 11) is -2.26. The fraction of sp³-hybridized carbons (Fsp3) is 0.192. The molecule has 3 aromatic rings. The van der Waals surface area contributed by atoms with Gasteiger partial charge in [0.2, 0.25) is 15.9 Å². The number of carbonyl (C=O) groups is 2. The van der Waals surface area contributed by atoms with Crippen molar-refractivity contribution < 1.29 is 22.7 Å². The maximum absolute atomic E-state index is 13.5. The Morgan fingerprint density at radius 2 is 1.70 bits per heavy atom. The molecule has 0 spiro atoms. The highest BCUT2D eigenvalue weighted by molar-refractivity contribution is 7.89. The summed E-state index contributed by atoms with van der Waals surface area (Å²) in [5.74, 6) is -0.0927. The Labute approximate surface area is 220 Å². The molecule has 2 amide bonds. The maximum atomic E-state index is 13.5. The molecule has 1 fully saturated rings. The molecule has 1 aliphatic heterocycles. The predicted octanol–water partition coefficient (Wildman–Crippen LogP) is 2.92. The zero-order valence-corrected chi connectivity index (χ0v) is 21.7. The van der Waals surface area contributed by atoms with Gasteiger partial charge in [0.25, 0.3) is 5.91 Å². The first kappa shape index (κ1) is 26.3. The number of ether oxygens (including phenoxy) is 1. The lowest BCUT2D eigenvalue weighted by atomic mass is 10.1. The minimum absolute atomic E-state index is 0.0149. The van der Waals surface area contributed by atoms with Crippen molar-refractivity contribution >= 4 is 50.5 Å². The summed E-state index contributed by atoms with van der Waals surface area (Å²) >= 11 is 5.68. The van der Waals surface area contributed by atoms with Gasteiger partial charge in [0.1, 0.15) is 11.8 Å². The van der Waals surface area contributed by atoms with Gasteiger partial charge in [-0.15, -0.1) is 0 Å². The summed E-state index contributed by atoms with van der Waals surface area (Å²) in [6.07, 6.45) is 0.411. The van der Waals surface area contributed by atoms with Crippen molar-refractivity contribution in [2.75, 3.05) is 23.9 Å². The third-order valence-corrected chi connectivity index (χ3v) is 7.27. The van der Waals surface area contributed by atoms with Gasteiger partial charge in [0, 0.05) is 12.2 Å². The lowest BCUT2D eigenvalue weighted by Crippen LogP contribution is -2.48. The van der Waals surface area contributed by atoms with Crippen molar-refractivity contribution in [2.24, 2.45) is 5.14 Å². The van der Waals surface area contributed by atoms with E-state index in [9.17, 15) is 18.0 Å². The number of para-hydroxylation sites is 1. The minimum atomic E-state index is -3.80. The largest absolute Gasteiger partial charge is 0.497 e. The highest BCUT2D eigenvalue weighted by atomic mass is 32.2. The zero-order chi connectivity index (χ0) is 26.6. The second kappa shape index (κ2) is 11.1.